The second-order valence-corrected chi connectivity index (χ2v) is 39.0. The van der Waals surface area contributed by atoms with E-state index >= 15 is 0 Å². The molecule has 739 valence electrons. The van der Waals surface area contributed by atoms with Gasteiger partial charge in [0.1, 0.15) is 72.5 Å². The van der Waals surface area contributed by atoms with Crippen molar-refractivity contribution in [2.45, 2.75) is 274 Å². The fourth-order valence-corrected chi connectivity index (χ4v) is 14.6. The number of carbonyl (C=O) groups is 19. The van der Waals surface area contributed by atoms with Crippen molar-refractivity contribution in [1.29, 1.82) is 0 Å². The predicted octanol–water partition coefficient (Wildman–Crippen LogP) is -3.80. The second-order valence-electron chi connectivity index (χ2n) is 35.8. The second kappa shape index (κ2) is 57.8. The number of aromatic amines is 2. The number of thioether (sulfide) groups is 1. The van der Waals surface area contributed by atoms with Gasteiger partial charge in [0.15, 0.2) is 0 Å². The molecule has 0 radical (unpaired) electrons. The zero-order valence-corrected chi connectivity index (χ0v) is 82.2. The molecule has 2 aromatic heterocycles. The van der Waals surface area contributed by atoms with Gasteiger partial charge < -0.3 is 143 Å². The molecule has 3 aromatic rings. The monoisotopic (exact) mass is 2010 g/mol. The summed E-state index contributed by atoms with van der Waals surface area (Å²) in [5.74, 6) is -17.4. The van der Waals surface area contributed by atoms with Gasteiger partial charge in [-0.3, -0.25) is 96.0 Å². The van der Waals surface area contributed by atoms with Gasteiger partial charge in [-0.15, -0.1) is 10.3 Å². The normalized spacial score (nSPS) is 15.2. The van der Waals surface area contributed by atoms with Crippen LogP contribution < -0.4 is 103 Å². The summed E-state index contributed by atoms with van der Waals surface area (Å²) in [5.41, 5.74) is 23.1. The molecule has 1 aliphatic heterocycles. The number of unbranched alkanes of at least 4 members (excludes halogenated alkanes) is 1. The van der Waals surface area contributed by atoms with Crippen LogP contribution in [0.25, 0.3) is 16.2 Å². The van der Waals surface area contributed by atoms with Crippen LogP contribution in [0.4, 0.5) is 0 Å². The summed E-state index contributed by atoms with van der Waals surface area (Å²) >= 11 is 13.6. The summed E-state index contributed by atoms with van der Waals surface area (Å²) in [4.78, 5) is 271. The van der Waals surface area contributed by atoms with Crippen molar-refractivity contribution in [2.24, 2.45) is 40.7 Å². The third-order valence-corrected chi connectivity index (χ3v) is 21.4. The van der Waals surface area contributed by atoms with E-state index in [1.54, 1.807) is 58.2 Å². The molecule has 0 aliphatic carbocycles. The first-order valence-corrected chi connectivity index (χ1v) is 46.8. The van der Waals surface area contributed by atoms with Gasteiger partial charge in [-0.2, -0.15) is 23.1 Å². The Morgan fingerprint density at radius 3 is 1.56 bits per heavy atom. The van der Waals surface area contributed by atoms with Gasteiger partial charge in [-0.1, -0.05) is 101 Å². The molecule has 0 saturated carbocycles. The zero-order valence-electron chi connectivity index (χ0n) is 77.9. The molecular weight excluding hydrogens is 1870 g/mol. The zero-order chi connectivity index (χ0) is 100. The number of rotatable bonds is 61. The molecule has 12 unspecified atom stereocenters. The molecule has 0 bridgehead atoms. The molecule has 1 saturated heterocycles. The van der Waals surface area contributed by atoms with E-state index in [0.29, 0.717) is 47.5 Å². The van der Waals surface area contributed by atoms with Crippen LogP contribution in [0.1, 0.15) is 185 Å². The van der Waals surface area contributed by atoms with Crippen LogP contribution in [0.15, 0.2) is 43.0 Å². The van der Waals surface area contributed by atoms with Gasteiger partial charge >= 0.3 is 22.4 Å². The Balaban J connectivity index is 0.0000226. The third-order valence-electron chi connectivity index (χ3n) is 20.5. The predicted molar refractivity (Wildman–Crippen MR) is 494 cm³/mol. The number of H-pyrrole nitrogens is 2. The van der Waals surface area contributed by atoms with Gasteiger partial charge in [0.25, 0.3) is 0 Å². The molecule has 1 aromatic carbocycles. The summed E-state index contributed by atoms with van der Waals surface area (Å²) in [6, 6.07) is -10.3. The average Bonchev–Trinajstić information content (AvgIpc) is 1.71. The van der Waals surface area contributed by atoms with Crippen LogP contribution in [-0.2, 0) is 152 Å². The van der Waals surface area contributed by atoms with E-state index < -0.39 is 239 Å². The number of nitrogens with one attached hydrogen (secondary N) is 17. The Morgan fingerprint density at radius 1 is 0.541 bits per heavy atom. The van der Waals surface area contributed by atoms with E-state index in [-0.39, 0.29) is 101 Å². The summed E-state index contributed by atoms with van der Waals surface area (Å²) < 4.78 is 7.12. The van der Waals surface area contributed by atoms with Crippen molar-refractivity contribution in [3.63, 3.8) is 0 Å². The molecule has 48 heteroatoms. The number of aromatic nitrogens is 3. The van der Waals surface area contributed by atoms with Gasteiger partial charge in [-0.05, 0) is 119 Å². The third kappa shape index (κ3) is 45.7. The first-order valence-electron chi connectivity index (χ1n) is 43.8. The number of nitrogens with zero attached hydrogens (tertiary/aromatic N) is 3. The molecule has 133 heavy (non-hydrogen) atoms. The molecule has 25 N–H and O–H groups in total. The van der Waals surface area contributed by atoms with Crippen molar-refractivity contribution >= 4 is 160 Å². The summed E-state index contributed by atoms with van der Waals surface area (Å²) in [6.07, 6.45) is 3.55. The number of nitrogens with two attached hydrogens (primary N) is 4. The van der Waals surface area contributed by atoms with Crippen LogP contribution >= 0.6 is 11.8 Å². The van der Waals surface area contributed by atoms with Gasteiger partial charge in [0.05, 0.1) is 32.4 Å². The standard InChI is InChI=1S/C85H137N24O19S3.O.Tc/c1-45(2)31-58(105-74(120)54(102-76(122)56(22-25-63(86)110)103-75(121)55-24-27-66(113)98-55)21-17-18-29-91-69(116)40-109(43-85(12,13)130)42-83(8,9)96-41-84(10,11)129)73(119)93-38-67(114)100-62(35-65(88)112)81(127)104-57(23-26-64(87)111)77(123)107-60(33-49-36-92-52-20-16-15-19-51(49)52)78(124)97-48(7)72(118)108-70(47(5)6)82(128)94-39-68(115)99-61(34-50-37-90-44-95-50)80(126)106-59(32-46(3)4)79(125)101-53(71(89)117)28-30-131-14;;/h15-16,19-20,36-37,44-48,53-62,70,92,129-130H,17-18,21-35,38-43H2,1-14H3,(H2,86,110)(H2,87,111)(H2,88,112)(H2,89,117)(H,90,95)(H,91,116)(H,93,119)(H,94,128)(H,97,124)(H,98,113)(H,99,115)(H,100,114)(H,101,125)(H,102,122)(H,103,121)(H,104,127)(H,105,120)(H,106,126)(H,107,123)(H,108,118);;/q-1;;+4/p-2/i;;1+1. The maximum absolute atomic E-state index is 14.7. The van der Waals surface area contributed by atoms with Crippen molar-refractivity contribution in [3.8, 4) is 0 Å². The number of fused-ring (bicyclic) bond motifs is 1. The molecule has 19 amide bonds. The Morgan fingerprint density at radius 2 is 1.05 bits per heavy atom. The van der Waals surface area contributed by atoms with Crippen molar-refractivity contribution in [1.82, 2.24) is 99.6 Å². The van der Waals surface area contributed by atoms with E-state index in [4.69, 9.17) is 57.0 Å². The molecule has 0 spiro atoms. The van der Waals surface area contributed by atoms with Crippen molar-refractivity contribution < 1.29 is 113 Å². The summed E-state index contributed by atoms with van der Waals surface area (Å²) in [7, 11) is 0. The molecule has 44 nitrogen and oxygen atoms in total. The minimum atomic E-state index is -1.91. The van der Waals surface area contributed by atoms with Crippen LogP contribution in [-0.4, -0.2) is 277 Å². The fraction of sp³-hybridized carbons (Fsp3) is 0.647. The van der Waals surface area contributed by atoms with Gasteiger partial charge in [0, 0.05) is 67.6 Å². The Bertz CT molecular complexity index is 4450. The first-order chi connectivity index (χ1) is 62.2. The number of amides is 19. The van der Waals surface area contributed by atoms with Crippen LogP contribution in [0, 0.1) is 17.8 Å². The molecule has 1 aliphatic rings. The van der Waals surface area contributed by atoms with E-state index in [0.717, 1.165) is 18.9 Å². The quantitative estimate of drug-likeness (QED) is 0.0190. The molecule has 12 atom stereocenters. The van der Waals surface area contributed by atoms with Crippen molar-refractivity contribution in [2.75, 3.05) is 57.8 Å². The first kappa shape index (κ1) is 116. The van der Waals surface area contributed by atoms with Crippen molar-refractivity contribution in [3.05, 3.63) is 59.6 Å². The minimum absolute atomic E-state index is 0.0301. The number of imidazole rings is 1. The number of para-hydroxylation sites is 1. The van der Waals surface area contributed by atoms with E-state index in [9.17, 15) is 91.1 Å². The molecule has 1 fully saturated rings. The Kier molecular flexibility index (Phi) is 50.6. The Labute approximate surface area is 800 Å². The number of primary amides is 4. The van der Waals surface area contributed by atoms with E-state index in [2.05, 4.69) is 94.7 Å². The summed E-state index contributed by atoms with van der Waals surface area (Å²) in [5, 5.41) is 43.7. The van der Waals surface area contributed by atoms with E-state index in [1.807, 2.05) is 66.5 Å². The average molecular weight is 2010 g/mol. The number of benzene rings is 1. The SMILES string of the molecule is CSCCC(NC(=O)C(CC(C)C)NC(=O)C(Cc1cnc[nH]1)NC(=O)CNC(=O)C(NC(=O)C(C)NC(=O)C(Cc1c[nH]c2ccccc12)NC(=O)C(CCC(N)=O)NC(=O)C(CC(N)=O)NC(=O)CNC(=O)C(CC(C)C)NC(=O)C(CCCCNC(=O)CN(CC(C)(C)[S-])CC(C)(C)[N-]CC(C)(C)[S-])NC(=O)C(CCC(N)=O)NC(=O)C1CCC(=O)N1)C(C)C)C(N)=O.[O]=[99Tc+4]. The van der Waals surface area contributed by atoms with Gasteiger partial charge in [0.2, 0.25) is 112 Å². The number of carbonyl (C=O) groups excluding carboxylic acids is 19. The van der Waals surface area contributed by atoms with Crippen LogP contribution in [0.3, 0.4) is 0 Å². The summed E-state index contributed by atoms with van der Waals surface area (Å²) in [6.45, 7) is 22.4. The number of hydrogen-bond acceptors (Lipinski definition) is 25. The molecule has 3 heterocycles. The Hall–Kier alpha value is -10.7. The van der Waals surface area contributed by atoms with Gasteiger partial charge in [-0.25, -0.2) is 4.98 Å². The fourth-order valence-electron chi connectivity index (χ4n) is 13.9. The van der Waals surface area contributed by atoms with E-state index in [1.165, 1.54) is 31.2 Å². The number of hydrogen-bond donors (Lipinski definition) is 21. The van der Waals surface area contributed by atoms with Crippen LogP contribution in [0.5, 0.6) is 0 Å². The van der Waals surface area contributed by atoms with Crippen LogP contribution in [0.2, 0.25) is 0 Å². The molecular formula is C85H135N24O20S3Tc+. The maximum atomic E-state index is 14.7. The topological polar surface area (TPSA) is 688 Å². The molecule has 4 rings (SSSR count).